The maximum Gasteiger partial charge on any atom is 0.160 e. The maximum atomic E-state index is 5.50. The highest BCUT2D eigenvalue weighted by Gasteiger charge is 2.48. The first-order chi connectivity index (χ1) is 28.3. The number of fused-ring (bicyclic) bond motifs is 6. The van der Waals surface area contributed by atoms with E-state index in [0.29, 0.717) is 5.82 Å². The smallest absolute Gasteiger partial charge is 0.160 e. The summed E-state index contributed by atoms with van der Waals surface area (Å²) in [5.41, 5.74) is 14.8. The molecule has 0 saturated heterocycles. The van der Waals surface area contributed by atoms with Gasteiger partial charge in [-0.15, -0.1) is 0 Å². The van der Waals surface area contributed by atoms with Crippen LogP contribution in [0.2, 0.25) is 0 Å². The summed E-state index contributed by atoms with van der Waals surface area (Å²) in [5, 5.41) is 3.41. The summed E-state index contributed by atoms with van der Waals surface area (Å²) in [6.07, 6.45) is 0. The molecule has 11 rings (SSSR count). The average Bonchev–Trinajstić information content (AvgIpc) is 3.62. The van der Waals surface area contributed by atoms with Gasteiger partial charge < -0.3 is 0 Å². The number of pyridine rings is 1. The standard InChI is InChI=1S/C54H35N3/c1-5-17-36(18-6-1)48-35-49(37-19-7-2-8-20-37)57-53(56-48)41-32-30-38-33-40(31-29-39(38)34-41)52-50-44-25-13-15-27-46(44)54(42-21-9-3-10-22-42,43-23-11-4-12-24-43)51(50)45-26-14-16-28-47(45)55-52/h1-35H. The van der Waals surface area contributed by atoms with E-state index >= 15 is 0 Å². The molecule has 1 aliphatic rings. The Morgan fingerprint density at radius 2 is 0.877 bits per heavy atom. The van der Waals surface area contributed by atoms with E-state index in [-0.39, 0.29) is 0 Å². The van der Waals surface area contributed by atoms with E-state index in [2.05, 4.69) is 200 Å². The Bertz CT molecular complexity index is 3010. The molecule has 0 N–H and O–H groups in total. The van der Waals surface area contributed by atoms with Crippen molar-refractivity contribution in [3.8, 4) is 56.3 Å². The minimum atomic E-state index is -0.537. The van der Waals surface area contributed by atoms with Crippen LogP contribution in [-0.2, 0) is 5.41 Å². The lowest BCUT2D eigenvalue weighted by molar-refractivity contribution is 0.775. The molecule has 2 heterocycles. The molecule has 0 amide bonds. The zero-order chi connectivity index (χ0) is 37.8. The molecule has 2 aromatic heterocycles. The van der Waals surface area contributed by atoms with Crippen molar-refractivity contribution in [2.75, 3.05) is 0 Å². The van der Waals surface area contributed by atoms with Crippen LogP contribution in [0.25, 0.3) is 78.0 Å². The average molecular weight is 726 g/mol. The van der Waals surface area contributed by atoms with Gasteiger partial charge in [0.25, 0.3) is 0 Å². The molecule has 1 aliphatic carbocycles. The lowest BCUT2D eigenvalue weighted by Gasteiger charge is -2.34. The fraction of sp³-hybridized carbons (Fsp3) is 0.0185. The predicted molar refractivity (Wildman–Crippen MR) is 234 cm³/mol. The van der Waals surface area contributed by atoms with Crippen LogP contribution in [-0.4, -0.2) is 15.0 Å². The van der Waals surface area contributed by atoms with Gasteiger partial charge in [-0.3, -0.25) is 0 Å². The third kappa shape index (κ3) is 5.32. The van der Waals surface area contributed by atoms with Gasteiger partial charge in [0.15, 0.2) is 5.82 Å². The number of para-hydroxylation sites is 1. The van der Waals surface area contributed by atoms with Gasteiger partial charge in [-0.25, -0.2) is 15.0 Å². The monoisotopic (exact) mass is 725 g/mol. The summed E-state index contributed by atoms with van der Waals surface area (Å²) < 4.78 is 0. The molecule has 0 saturated carbocycles. The molecule has 0 radical (unpaired) electrons. The lowest BCUT2D eigenvalue weighted by atomic mass is 9.67. The zero-order valence-corrected chi connectivity index (χ0v) is 31.0. The Morgan fingerprint density at radius 1 is 0.368 bits per heavy atom. The Kier molecular flexibility index (Phi) is 7.71. The van der Waals surface area contributed by atoms with Crippen molar-refractivity contribution in [2.45, 2.75) is 5.41 Å². The Morgan fingerprint density at radius 3 is 1.51 bits per heavy atom. The molecular weight excluding hydrogens is 691 g/mol. The molecule has 3 heteroatoms. The van der Waals surface area contributed by atoms with Crippen LogP contribution in [0.5, 0.6) is 0 Å². The molecule has 0 atom stereocenters. The van der Waals surface area contributed by atoms with Gasteiger partial charge >= 0.3 is 0 Å². The van der Waals surface area contributed by atoms with E-state index in [0.717, 1.165) is 61.0 Å². The summed E-state index contributed by atoms with van der Waals surface area (Å²) >= 11 is 0. The van der Waals surface area contributed by atoms with Crippen LogP contribution in [0.3, 0.4) is 0 Å². The highest BCUT2D eigenvalue weighted by Crippen LogP contribution is 2.59. The normalized spacial score (nSPS) is 12.7. The molecule has 0 fully saturated rings. The lowest BCUT2D eigenvalue weighted by Crippen LogP contribution is -2.29. The van der Waals surface area contributed by atoms with Gasteiger partial charge in [0.1, 0.15) is 0 Å². The van der Waals surface area contributed by atoms with Crippen LogP contribution in [0.4, 0.5) is 0 Å². The number of nitrogens with zero attached hydrogens (tertiary/aromatic N) is 3. The largest absolute Gasteiger partial charge is 0.247 e. The Labute approximate surface area is 331 Å². The summed E-state index contributed by atoms with van der Waals surface area (Å²) in [6, 6.07) is 75.6. The minimum Gasteiger partial charge on any atom is -0.247 e. The van der Waals surface area contributed by atoms with Crippen molar-refractivity contribution < 1.29 is 0 Å². The van der Waals surface area contributed by atoms with Crippen LogP contribution in [0.1, 0.15) is 22.3 Å². The quantitative estimate of drug-likeness (QED) is 0.171. The second-order valence-electron chi connectivity index (χ2n) is 14.7. The molecule has 57 heavy (non-hydrogen) atoms. The van der Waals surface area contributed by atoms with Crippen LogP contribution >= 0.6 is 0 Å². The van der Waals surface area contributed by atoms with Crippen molar-refractivity contribution in [1.29, 1.82) is 0 Å². The summed E-state index contributed by atoms with van der Waals surface area (Å²) in [5.74, 6) is 0.699. The van der Waals surface area contributed by atoms with Crippen molar-refractivity contribution in [3.63, 3.8) is 0 Å². The summed E-state index contributed by atoms with van der Waals surface area (Å²) in [7, 11) is 0. The fourth-order valence-electron chi connectivity index (χ4n) is 9.00. The van der Waals surface area contributed by atoms with Gasteiger partial charge in [-0.05, 0) is 62.9 Å². The van der Waals surface area contributed by atoms with Gasteiger partial charge in [-0.1, -0.05) is 188 Å². The zero-order valence-electron chi connectivity index (χ0n) is 31.0. The molecule has 8 aromatic carbocycles. The molecule has 0 bridgehead atoms. The highest BCUT2D eigenvalue weighted by molar-refractivity contribution is 6.04. The Hall–Kier alpha value is -7.49. The first-order valence-corrected chi connectivity index (χ1v) is 19.4. The number of benzene rings is 8. The number of hydrogen-bond acceptors (Lipinski definition) is 3. The SMILES string of the molecule is c1ccc(-c2cc(-c3ccccc3)nc(-c3ccc4cc(-c5nc6ccccc6c6c5-c5ccccc5C6(c5ccccc5)c5ccccc5)ccc4c3)n2)cc1. The molecular formula is C54H35N3. The molecule has 0 unspecified atom stereocenters. The molecule has 3 nitrogen and oxygen atoms in total. The van der Waals surface area contributed by atoms with E-state index < -0.39 is 5.41 Å². The Balaban J connectivity index is 1.11. The maximum absolute atomic E-state index is 5.50. The van der Waals surface area contributed by atoms with Crippen molar-refractivity contribution in [1.82, 2.24) is 15.0 Å². The third-order valence-corrected chi connectivity index (χ3v) is 11.5. The first kappa shape index (κ1) is 32.9. The summed E-state index contributed by atoms with van der Waals surface area (Å²) in [6.45, 7) is 0. The molecule has 10 aromatic rings. The van der Waals surface area contributed by atoms with E-state index in [1.807, 2.05) is 12.1 Å². The van der Waals surface area contributed by atoms with Crippen LogP contribution in [0, 0.1) is 0 Å². The number of rotatable bonds is 6. The number of aromatic nitrogens is 3. The van der Waals surface area contributed by atoms with Crippen molar-refractivity contribution in [3.05, 3.63) is 235 Å². The minimum absolute atomic E-state index is 0.537. The van der Waals surface area contributed by atoms with Crippen LogP contribution < -0.4 is 0 Å². The van der Waals surface area contributed by atoms with E-state index in [4.69, 9.17) is 15.0 Å². The van der Waals surface area contributed by atoms with E-state index in [1.54, 1.807) is 0 Å². The van der Waals surface area contributed by atoms with Gasteiger partial charge in [-0.2, -0.15) is 0 Å². The second kappa shape index (κ2) is 13.4. The topological polar surface area (TPSA) is 38.7 Å². The third-order valence-electron chi connectivity index (χ3n) is 11.5. The first-order valence-electron chi connectivity index (χ1n) is 19.4. The van der Waals surface area contributed by atoms with Crippen molar-refractivity contribution >= 4 is 21.7 Å². The van der Waals surface area contributed by atoms with Crippen LogP contribution in [0.15, 0.2) is 212 Å². The van der Waals surface area contributed by atoms with Crippen molar-refractivity contribution in [2.24, 2.45) is 0 Å². The van der Waals surface area contributed by atoms with Gasteiger partial charge in [0.2, 0.25) is 0 Å². The predicted octanol–water partition coefficient (Wildman–Crippen LogP) is 13.2. The molecule has 0 spiro atoms. The molecule has 266 valence electrons. The van der Waals surface area contributed by atoms with Gasteiger partial charge in [0, 0.05) is 33.2 Å². The fourth-order valence-corrected chi connectivity index (χ4v) is 9.00. The molecule has 0 aliphatic heterocycles. The summed E-state index contributed by atoms with van der Waals surface area (Å²) in [4.78, 5) is 15.7. The van der Waals surface area contributed by atoms with Gasteiger partial charge in [0.05, 0.1) is 28.0 Å². The second-order valence-corrected chi connectivity index (χ2v) is 14.7. The highest BCUT2D eigenvalue weighted by atomic mass is 14.9. The van der Waals surface area contributed by atoms with E-state index in [1.165, 1.54) is 33.4 Å². The number of hydrogen-bond donors (Lipinski definition) is 0. The van der Waals surface area contributed by atoms with E-state index in [9.17, 15) is 0 Å².